The molecular formula is C26H35Cl2N3O2S. The van der Waals surface area contributed by atoms with Crippen LogP contribution in [-0.2, 0) is 10.0 Å². The van der Waals surface area contributed by atoms with Gasteiger partial charge in [-0.15, -0.1) is 0 Å². The Labute approximate surface area is 214 Å². The highest BCUT2D eigenvalue weighted by molar-refractivity contribution is 7.89. The molecule has 2 aliphatic rings. The number of anilines is 1. The number of halogens is 2. The smallest absolute Gasteiger partial charge is 0.240 e. The van der Waals surface area contributed by atoms with Crippen LogP contribution < -0.4 is 9.62 Å². The molecule has 1 aliphatic carbocycles. The van der Waals surface area contributed by atoms with Crippen LogP contribution in [0.25, 0.3) is 0 Å². The molecule has 186 valence electrons. The Morgan fingerprint density at radius 2 is 1.65 bits per heavy atom. The van der Waals surface area contributed by atoms with Crippen LogP contribution in [0.1, 0.15) is 44.6 Å². The van der Waals surface area contributed by atoms with Crippen LogP contribution in [0.4, 0.5) is 5.69 Å². The molecule has 0 bridgehead atoms. The Morgan fingerprint density at radius 3 is 2.29 bits per heavy atom. The van der Waals surface area contributed by atoms with Crippen molar-refractivity contribution >= 4 is 38.9 Å². The van der Waals surface area contributed by atoms with Gasteiger partial charge in [-0.1, -0.05) is 53.9 Å². The van der Waals surface area contributed by atoms with E-state index in [1.165, 1.54) is 0 Å². The molecule has 0 amide bonds. The van der Waals surface area contributed by atoms with Crippen molar-refractivity contribution in [3.05, 3.63) is 58.1 Å². The third-order valence-electron chi connectivity index (χ3n) is 7.52. The summed E-state index contributed by atoms with van der Waals surface area (Å²) in [5, 5.41) is 1.24. The molecule has 2 aromatic carbocycles. The second-order valence-electron chi connectivity index (χ2n) is 10.2. The van der Waals surface area contributed by atoms with Gasteiger partial charge in [0.1, 0.15) is 0 Å². The molecule has 0 aromatic heterocycles. The standard InChI is InChI=1S/C26H35Cl2N3O2S/c1-20-6-8-22(9-7-20)34(32,33)29-21-10-12-26(2,13-11-21)14-15-30-16-18-31(19-17-30)24-5-3-4-23(27)25(24)28/h3-9,21,29H,10-19H2,1-2H3. The van der Waals surface area contributed by atoms with Crippen molar-refractivity contribution in [2.75, 3.05) is 37.6 Å². The van der Waals surface area contributed by atoms with Crippen LogP contribution in [-0.4, -0.2) is 52.1 Å². The molecule has 1 N–H and O–H groups in total. The Kier molecular flexibility index (Phi) is 8.15. The quantitative estimate of drug-likeness (QED) is 0.502. The topological polar surface area (TPSA) is 52.7 Å². The Balaban J connectivity index is 1.22. The Hall–Kier alpha value is -1.31. The van der Waals surface area contributed by atoms with Gasteiger partial charge in [0.05, 0.1) is 20.6 Å². The van der Waals surface area contributed by atoms with E-state index >= 15 is 0 Å². The van der Waals surface area contributed by atoms with E-state index in [9.17, 15) is 8.42 Å². The maximum absolute atomic E-state index is 12.7. The van der Waals surface area contributed by atoms with Crippen LogP contribution in [0, 0.1) is 12.3 Å². The minimum atomic E-state index is -3.46. The number of aryl methyl sites for hydroxylation is 1. The van der Waals surface area contributed by atoms with Gasteiger partial charge in [0, 0.05) is 32.2 Å². The number of sulfonamides is 1. The first-order valence-corrected chi connectivity index (χ1v) is 14.4. The van der Waals surface area contributed by atoms with Gasteiger partial charge in [-0.05, 0) is 75.3 Å². The normalized spacial score (nSPS) is 24.4. The number of nitrogens with one attached hydrogen (secondary N) is 1. The van der Waals surface area contributed by atoms with Crippen molar-refractivity contribution < 1.29 is 8.42 Å². The van der Waals surface area contributed by atoms with Gasteiger partial charge in [0.25, 0.3) is 0 Å². The van der Waals surface area contributed by atoms with Crippen LogP contribution in [0.5, 0.6) is 0 Å². The lowest BCUT2D eigenvalue weighted by atomic mass is 9.72. The summed E-state index contributed by atoms with van der Waals surface area (Å²) in [5.74, 6) is 0. The average Bonchev–Trinajstić information content (AvgIpc) is 2.82. The molecule has 1 saturated heterocycles. The molecular weight excluding hydrogens is 489 g/mol. The highest BCUT2D eigenvalue weighted by Crippen LogP contribution is 2.39. The summed E-state index contributed by atoms with van der Waals surface area (Å²) in [7, 11) is -3.46. The number of nitrogens with zero attached hydrogens (tertiary/aromatic N) is 2. The van der Waals surface area contributed by atoms with Crippen molar-refractivity contribution in [3.8, 4) is 0 Å². The molecule has 2 aromatic rings. The van der Waals surface area contributed by atoms with Crippen molar-refractivity contribution in [2.45, 2.75) is 56.9 Å². The number of piperazine rings is 1. The van der Waals surface area contributed by atoms with E-state index < -0.39 is 10.0 Å². The Bertz CT molecular complexity index is 1080. The van der Waals surface area contributed by atoms with Crippen molar-refractivity contribution in [2.24, 2.45) is 5.41 Å². The van der Waals surface area contributed by atoms with E-state index in [4.69, 9.17) is 23.2 Å². The first-order valence-electron chi connectivity index (χ1n) is 12.2. The van der Waals surface area contributed by atoms with Crippen molar-refractivity contribution in [3.63, 3.8) is 0 Å². The van der Waals surface area contributed by atoms with Gasteiger partial charge in [0.15, 0.2) is 0 Å². The summed E-state index contributed by atoms with van der Waals surface area (Å²) < 4.78 is 28.4. The highest BCUT2D eigenvalue weighted by Gasteiger charge is 2.33. The fourth-order valence-corrected chi connectivity index (χ4v) is 6.78. The molecule has 34 heavy (non-hydrogen) atoms. The molecule has 1 aliphatic heterocycles. The molecule has 1 saturated carbocycles. The minimum Gasteiger partial charge on any atom is -0.368 e. The summed E-state index contributed by atoms with van der Waals surface area (Å²) in [6.07, 6.45) is 5.02. The fourth-order valence-electron chi connectivity index (χ4n) is 5.06. The number of benzene rings is 2. The van der Waals surface area contributed by atoms with Gasteiger partial charge >= 0.3 is 0 Å². The monoisotopic (exact) mass is 523 g/mol. The second-order valence-corrected chi connectivity index (χ2v) is 12.7. The summed E-state index contributed by atoms with van der Waals surface area (Å²) in [5.41, 5.74) is 2.34. The van der Waals surface area contributed by atoms with Gasteiger partial charge in [-0.25, -0.2) is 13.1 Å². The highest BCUT2D eigenvalue weighted by atomic mass is 35.5. The lowest BCUT2D eigenvalue weighted by Gasteiger charge is -2.41. The predicted octanol–water partition coefficient (Wildman–Crippen LogP) is 5.74. The maximum atomic E-state index is 12.7. The van der Waals surface area contributed by atoms with Crippen LogP contribution in [0.15, 0.2) is 47.4 Å². The molecule has 8 heteroatoms. The molecule has 0 spiro atoms. The average molecular weight is 525 g/mol. The Morgan fingerprint density at radius 1 is 1.00 bits per heavy atom. The molecule has 0 radical (unpaired) electrons. The fraction of sp³-hybridized carbons (Fsp3) is 0.538. The van der Waals surface area contributed by atoms with Crippen LogP contribution in [0.3, 0.4) is 0 Å². The van der Waals surface area contributed by atoms with E-state index in [0.29, 0.717) is 14.9 Å². The zero-order valence-electron chi connectivity index (χ0n) is 20.1. The molecule has 0 atom stereocenters. The largest absolute Gasteiger partial charge is 0.368 e. The van der Waals surface area contributed by atoms with Crippen LogP contribution >= 0.6 is 23.2 Å². The number of hydrogen-bond donors (Lipinski definition) is 1. The SMILES string of the molecule is Cc1ccc(S(=O)(=O)NC2CCC(C)(CCN3CCN(c4cccc(Cl)c4Cl)CC3)CC2)cc1. The second kappa shape index (κ2) is 10.8. The first kappa shape index (κ1) is 25.8. The summed E-state index contributed by atoms with van der Waals surface area (Å²) in [4.78, 5) is 5.20. The lowest BCUT2D eigenvalue weighted by Crippen LogP contribution is -2.47. The van der Waals surface area contributed by atoms with Crippen molar-refractivity contribution in [1.29, 1.82) is 0 Å². The summed E-state index contributed by atoms with van der Waals surface area (Å²) >= 11 is 12.6. The predicted molar refractivity (Wildman–Crippen MR) is 142 cm³/mol. The van der Waals surface area contributed by atoms with E-state index in [0.717, 1.165) is 76.1 Å². The van der Waals surface area contributed by atoms with E-state index in [1.807, 2.05) is 37.3 Å². The summed E-state index contributed by atoms with van der Waals surface area (Å²) in [6, 6.07) is 12.9. The van der Waals surface area contributed by atoms with E-state index in [2.05, 4.69) is 21.4 Å². The molecule has 4 rings (SSSR count). The van der Waals surface area contributed by atoms with Gasteiger partial charge in [0.2, 0.25) is 10.0 Å². The number of hydrogen-bond acceptors (Lipinski definition) is 4. The molecule has 0 unspecified atom stereocenters. The van der Waals surface area contributed by atoms with Crippen LogP contribution in [0.2, 0.25) is 10.0 Å². The zero-order chi connectivity index (χ0) is 24.3. The third kappa shape index (κ3) is 6.27. The maximum Gasteiger partial charge on any atom is 0.240 e. The van der Waals surface area contributed by atoms with Crippen molar-refractivity contribution in [1.82, 2.24) is 9.62 Å². The molecule has 2 fully saturated rings. The third-order valence-corrected chi connectivity index (χ3v) is 9.87. The minimum absolute atomic E-state index is 0.0189. The molecule has 1 heterocycles. The van der Waals surface area contributed by atoms with Gasteiger partial charge in [-0.2, -0.15) is 0 Å². The van der Waals surface area contributed by atoms with E-state index in [1.54, 1.807) is 12.1 Å². The first-order chi connectivity index (χ1) is 16.2. The lowest BCUT2D eigenvalue weighted by molar-refractivity contribution is 0.143. The van der Waals surface area contributed by atoms with E-state index in [-0.39, 0.29) is 11.5 Å². The van der Waals surface area contributed by atoms with Gasteiger partial charge < -0.3 is 4.90 Å². The van der Waals surface area contributed by atoms with Gasteiger partial charge in [-0.3, -0.25) is 4.90 Å². The zero-order valence-corrected chi connectivity index (χ0v) is 22.4. The molecule has 5 nitrogen and oxygen atoms in total. The summed E-state index contributed by atoms with van der Waals surface area (Å²) in [6.45, 7) is 9.31. The number of rotatable bonds is 7.